The van der Waals surface area contributed by atoms with Gasteiger partial charge >= 0.3 is 0 Å². The summed E-state index contributed by atoms with van der Waals surface area (Å²) in [5, 5.41) is 7.42. The molecule has 0 radical (unpaired) electrons. The highest BCUT2D eigenvalue weighted by molar-refractivity contribution is 6.33. The normalized spacial score (nSPS) is 10.6. The summed E-state index contributed by atoms with van der Waals surface area (Å²) in [6, 6.07) is 15.0. The van der Waals surface area contributed by atoms with E-state index in [4.69, 9.17) is 16.1 Å². The summed E-state index contributed by atoms with van der Waals surface area (Å²) in [5.74, 6) is 0.181. The van der Waals surface area contributed by atoms with E-state index in [0.717, 1.165) is 12.1 Å². The first-order valence-corrected chi connectivity index (χ1v) is 8.09. The van der Waals surface area contributed by atoms with Gasteiger partial charge in [-0.05, 0) is 37.1 Å². The molecular weight excluding hydrogens is 324 g/mol. The van der Waals surface area contributed by atoms with Gasteiger partial charge in [-0.1, -0.05) is 54.0 Å². The van der Waals surface area contributed by atoms with E-state index in [0.29, 0.717) is 27.6 Å². The SMILES string of the molecule is CCc1ccc(NC(=O)c2c(-c3ccccc3Cl)noc2C)cc1. The summed E-state index contributed by atoms with van der Waals surface area (Å²) >= 11 is 6.22. The molecular formula is C19H17ClN2O2. The van der Waals surface area contributed by atoms with Crippen LogP contribution in [0.25, 0.3) is 11.3 Å². The van der Waals surface area contributed by atoms with Crippen LogP contribution in [0.4, 0.5) is 5.69 Å². The lowest BCUT2D eigenvalue weighted by molar-refractivity contribution is 0.102. The zero-order valence-electron chi connectivity index (χ0n) is 13.5. The predicted molar refractivity (Wildman–Crippen MR) is 95.5 cm³/mol. The van der Waals surface area contributed by atoms with Gasteiger partial charge in [-0.2, -0.15) is 0 Å². The van der Waals surface area contributed by atoms with Crippen LogP contribution >= 0.6 is 11.6 Å². The number of carbonyl (C=O) groups is 1. The Bertz CT molecular complexity index is 869. The Hall–Kier alpha value is -2.59. The quantitative estimate of drug-likeness (QED) is 0.717. The predicted octanol–water partition coefficient (Wildman–Crippen LogP) is 5.12. The molecule has 0 atom stereocenters. The van der Waals surface area contributed by atoms with Gasteiger partial charge in [-0.15, -0.1) is 0 Å². The van der Waals surface area contributed by atoms with Crippen LogP contribution in [0.1, 0.15) is 28.6 Å². The third kappa shape index (κ3) is 3.19. The Morgan fingerprint density at radius 3 is 2.54 bits per heavy atom. The first kappa shape index (κ1) is 16.3. The Morgan fingerprint density at radius 1 is 1.17 bits per heavy atom. The third-order valence-electron chi connectivity index (χ3n) is 3.84. The molecule has 0 saturated carbocycles. The van der Waals surface area contributed by atoms with Gasteiger partial charge < -0.3 is 9.84 Å². The number of nitrogens with one attached hydrogen (secondary N) is 1. The van der Waals surface area contributed by atoms with Crippen LogP contribution in [0.5, 0.6) is 0 Å². The summed E-state index contributed by atoms with van der Waals surface area (Å²) in [7, 11) is 0. The largest absolute Gasteiger partial charge is 0.360 e. The minimum Gasteiger partial charge on any atom is -0.360 e. The number of nitrogens with zero attached hydrogens (tertiary/aromatic N) is 1. The number of amides is 1. The fourth-order valence-electron chi connectivity index (χ4n) is 2.49. The number of hydrogen-bond donors (Lipinski definition) is 1. The molecule has 0 aliphatic heterocycles. The summed E-state index contributed by atoms with van der Waals surface area (Å²) in [6.45, 7) is 3.80. The van der Waals surface area contributed by atoms with Crippen LogP contribution in [0.2, 0.25) is 5.02 Å². The van der Waals surface area contributed by atoms with Gasteiger partial charge in [0.1, 0.15) is 17.0 Å². The van der Waals surface area contributed by atoms with Crippen LogP contribution in [0.3, 0.4) is 0 Å². The van der Waals surface area contributed by atoms with Crippen molar-refractivity contribution in [3.63, 3.8) is 0 Å². The van der Waals surface area contributed by atoms with Gasteiger partial charge in [-0.3, -0.25) is 4.79 Å². The number of halogens is 1. The summed E-state index contributed by atoms with van der Waals surface area (Å²) in [5.41, 5.74) is 3.44. The van der Waals surface area contributed by atoms with E-state index in [9.17, 15) is 4.79 Å². The zero-order chi connectivity index (χ0) is 17.1. The summed E-state index contributed by atoms with van der Waals surface area (Å²) in [6.07, 6.45) is 0.954. The van der Waals surface area contributed by atoms with Gasteiger partial charge in [0.15, 0.2) is 0 Å². The van der Waals surface area contributed by atoms with Gasteiger partial charge in [0, 0.05) is 11.3 Å². The first-order valence-electron chi connectivity index (χ1n) is 7.71. The van der Waals surface area contributed by atoms with Crippen molar-refractivity contribution < 1.29 is 9.32 Å². The lowest BCUT2D eigenvalue weighted by Crippen LogP contribution is -2.13. The number of rotatable bonds is 4. The lowest BCUT2D eigenvalue weighted by atomic mass is 10.1. The molecule has 122 valence electrons. The van der Waals surface area contributed by atoms with E-state index in [2.05, 4.69) is 17.4 Å². The molecule has 3 rings (SSSR count). The van der Waals surface area contributed by atoms with Crippen molar-refractivity contribution in [2.45, 2.75) is 20.3 Å². The molecule has 0 fully saturated rings. The second kappa shape index (κ2) is 6.89. The molecule has 4 nitrogen and oxygen atoms in total. The maximum absolute atomic E-state index is 12.7. The molecule has 0 unspecified atom stereocenters. The second-order valence-electron chi connectivity index (χ2n) is 5.45. The Kier molecular flexibility index (Phi) is 4.67. The molecule has 1 aromatic heterocycles. The van der Waals surface area contributed by atoms with Crippen molar-refractivity contribution in [1.29, 1.82) is 0 Å². The molecule has 0 bridgehead atoms. The molecule has 0 spiro atoms. The highest BCUT2D eigenvalue weighted by Crippen LogP contribution is 2.31. The van der Waals surface area contributed by atoms with Gasteiger partial charge in [-0.25, -0.2) is 0 Å². The maximum Gasteiger partial charge on any atom is 0.261 e. The molecule has 1 heterocycles. The second-order valence-corrected chi connectivity index (χ2v) is 5.85. The van der Waals surface area contributed by atoms with Crippen molar-refractivity contribution in [2.75, 3.05) is 5.32 Å². The van der Waals surface area contributed by atoms with E-state index >= 15 is 0 Å². The van der Waals surface area contributed by atoms with Gasteiger partial charge in [0.25, 0.3) is 5.91 Å². The maximum atomic E-state index is 12.7. The summed E-state index contributed by atoms with van der Waals surface area (Å²) in [4.78, 5) is 12.7. The Labute approximate surface area is 145 Å². The van der Waals surface area contributed by atoms with Crippen molar-refractivity contribution in [3.8, 4) is 11.3 Å². The smallest absolute Gasteiger partial charge is 0.261 e. The van der Waals surface area contributed by atoms with Crippen molar-refractivity contribution in [1.82, 2.24) is 5.16 Å². The number of aryl methyl sites for hydroxylation is 2. The lowest BCUT2D eigenvalue weighted by Gasteiger charge is -2.07. The van der Waals surface area contributed by atoms with Crippen LogP contribution in [-0.2, 0) is 6.42 Å². The van der Waals surface area contributed by atoms with Gasteiger partial charge in [0.05, 0.1) is 5.02 Å². The molecule has 2 aromatic carbocycles. The molecule has 0 saturated heterocycles. The first-order chi connectivity index (χ1) is 11.6. The Morgan fingerprint density at radius 2 is 1.88 bits per heavy atom. The number of carbonyl (C=O) groups excluding carboxylic acids is 1. The molecule has 0 aliphatic rings. The summed E-state index contributed by atoms with van der Waals surface area (Å²) < 4.78 is 5.23. The number of anilines is 1. The van der Waals surface area contributed by atoms with Crippen LogP contribution in [0.15, 0.2) is 53.1 Å². The van der Waals surface area contributed by atoms with E-state index < -0.39 is 0 Å². The Balaban J connectivity index is 1.93. The number of benzene rings is 2. The minimum atomic E-state index is -0.270. The van der Waals surface area contributed by atoms with E-state index in [1.807, 2.05) is 42.5 Å². The molecule has 3 aromatic rings. The van der Waals surface area contributed by atoms with Crippen molar-refractivity contribution in [2.24, 2.45) is 0 Å². The highest BCUT2D eigenvalue weighted by atomic mass is 35.5. The number of aromatic nitrogens is 1. The van der Waals surface area contributed by atoms with E-state index in [1.54, 1.807) is 13.0 Å². The van der Waals surface area contributed by atoms with Crippen LogP contribution in [-0.4, -0.2) is 11.1 Å². The topological polar surface area (TPSA) is 55.1 Å². The molecule has 24 heavy (non-hydrogen) atoms. The molecule has 1 amide bonds. The fraction of sp³-hybridized carbons (Fsp3) is 0.158. The van der Waals surface area contributed by atoms with Gasteiger partial charge in [0.2, 0.25) is 0 Å². The molecule has 0 aliphatic carbocycles. The van der Waals surface area contributed by atoms with Crippen LogP contribution in [0, 0.1) is 6.92 Å². The van der Waals surface area contributed by atoms with Crippen molar-refractivity contribution in [3.05, 3.63) is 70.4 Å². The highest BCUT2D eigenvalue weighted by Gasteiger charge is 2.23. The molecule has 5 heteroatoms. The van der Waals surface area contributed by atoms with E-state index in [-0.39, 0.29) is 5.91 Å². The standard InChI is InChI=1S/C19H17ClN2O2/c1-3-13-8-10-14(11-9-13)21-19(23)17-12(2)24-22-18(17)15-6-4-5-7-16(15)20/h4-11H,3H2,1-2H3,(H,21,23). The van der Waals surface area contributed by atoms with Crippen molar-refractivity contribution >= 4 is 23.2 Å². The van der Waals surface area contributed by atoms with Crippen LogP contribution < -0.4 is 5.32 Å². The van der Waals surface area contributed by atoms with E-state index in [1.165, 1.54) is 5.56 Å². The zero-order valence-corrected chi connectivity index (χ0v) is 14.2. The average Bonchev–Trinajstić information content (AvgIpc) is 2.97. The molecule has 1 N–H and O–H groups in total. The average molecular weight is 341 g/mol. The minimum absolute atomic E-state index is 0.270. The number of hydrogen-bond acceptors (Lipinski definition) is 3. The monoisotopic (exact) mass is 340 g/mol. The third-order valence-corrected chi connectivity index (χ3v) is 4.17. The fourth-order valence-corrected chi connectivity index (χ4v) is 2.72.